The van der Waals surface area contributed by atoms with Crippen LogP contribution in [0.25, 0.3) is 11.3 Å². The number of carboxylic acid groups (broad SMARTS) is 1. The van der Waals surface area contributed by atoms with E-state index in [2.05, 4.69) is 16.9 Å². The van der Waals surface area contributed by atoms with Crippen molar-refractivity contribution in [1.29, 1.82) is 0 Å². The van der Waals surface area contributed by atoms with Gasteiger partial charge in [-0.2, -0.15) is 0 Å². The number of hydrogen-bond donors (Lipinski definition) is 2. The molecule has 0 amide bonds. The molecule has 0 saturated heterocycles. The van der Waals surface area contributed by atoms with Crippen molar-refractivity contribution in [2.45, 2.75) is 19.8 Å². The second kappa shape index (κ2) is 4.82. The van der Waals surface area contributed by atoms with Crippen LogP contribution < -0.4 is 0 Å². The van der Waals surface area contributed by atoms with Crippen LogP contribution in [0.1, 0.15) is 18.2 Å². The van der Waals surface area contributed by atoms with E-state index in [0.717, 1.165) is 17.7 Å². The minimum atomic E-state index is -0.860. The van der Waals surface area contributed by atoms with Crippen molar-refractivity contribution in [3.8, 4) is 11.3 Å². The number of nitrogens with zero attached hydrogens (tertiary/aromatic N) is 1. The quantitative estimate of drug-likeness (QED) is 0.846. The third-order valence-corrected chi connectivity index (χ3v) is 2.68. The van der Waals surface area contributed by atoms with E-state index in [1.807, 2.05) is 24.3 Å². The molecule has 0 aliphatic heterocycles. The van der Waals surface area contributed by atoms with Gasteiger partial charge in [0.25, 0.3) is 0 Å². The molecule has 0 bridgehead atoms. The van der Waals surface area contributed by atoms with Crippen LogP contribution in [0.15, 0.2) is 30.6 Å². The topological polar surface area (TPSA) is 66.0 Å². The molecule has 0 aliphatic carbocycles. The molecule has 0 atom stereocenters. The average Bonchev–Trinajstić information content (AvgIpc) is 2.76. The van der Waals surface area contributed by atoms with Crippen LogP contribution in [0.3, 0.4) is 0 Å². The highest BCUT2D eigenvalue weighted by Gasteiger charge is 2.11. The molecule has 1 aromatic heterocycles. The van der Waals surface area contributed by atoms with Gasteiger partial charge in [-0.05, 0) is 12.0 Å². The number of nitrogens with one attached hydrogen (secondary N) is 1. The van der Waals surface area contributed by atoms with Crippen LogP contribution in [-0.4, -0.2) is 21.0 Å². The Kier molecular flexibility index (Phi) is 3.23. The number of H-pyrrole nitrogens is 1. The number of aryl methyl sites for hydroxylation is 1. The summed E-state index contributed by atoms with van der Waals surface area (Å²) in [5.41, 5.74) is 3.56. The van der Waals surface area contributed by atoms with Crippen LogP contribution >= 0.6 is 0 Å². The van der Waals surface area contributed by atoms with Gasteiger partial charge >= 0.3 is 5.97 Å². The molecule has 0 saturated carbocycles. The maximum absolute atomic E-state index is 10.7. The van der Waals surface area contributed by atoms with Crippen LogP contribution in [0.4, 0.5) is 0 Å². The van der Waals surface area contributed by atoms with Gasteiger partial charge in [0.2, 0.25) is 0 Å². The molecule has 17 heavy (non-hydrogen) atoms. The monoisotopic (exact) mass is 230 g/mol. The Morgan fingerprint density at radius 1 is 1.35 bits per heavy atom. The summed E-state index contributed by atoms with van der Waals surface area (Å²) in [5.74, 6) is -0.860. The molecule has 0 aliphatic rings. The van der Waals surface area contributed by atoms with Crippen LogP contribution in [0, 0.1) is 0 Å². The molecule has 4 heteroatoms. The van der Waals surface area contributed by atoms with Gasteiger partial charge in [-0.3, -0.25) is 4.79 Å². The molecule has 0 radical (unpaired) electrons. The van der Waals surface area contributed by atoms with E-state index in [4.69, 9.17) is 5.11 Å². The van der Waals surface area contributed by atoms with E-state index in [0.29, 0.717) is 5.69 Å². The van der Waals surface area contributed by atoms with Crippen molar-refractivity contribution in [2.75, 3.05) is 0 Å². The third-order valence-electron chi connectivity index (χ3n) is 2.68. The highest BCUT2D eigenvalue weighted by molar-refractivity contribution is 5.73. The molecule has 1 heterocycles. The smallest absolute Gasteiger partial charge is 0.309 e. The normalized spacial score (nSPS) is 10.4. The molecule has 1 aromatic carbocycles. The summed E-state index contributed by atoms with van der Waals surface area (Å²) in [6.45, 7) is 2.10. The fourth-order valence-electron chi connectivity index (χ4n) is 1.75. The number of imidazole rings is 1. The average molecular weight is 230 g/mol. The first-order valence-corrected chi connectivity index (χ1v) is 5.54. The molecule has 88 valence electrons. The van der Waals surface area contributed by atoms with Gasteiger partial charge in [0.1, 0.15) is 0 Å². The number of rotatable bonds is 4. The van der Waals surface area contributed by atoms with Crippen molar-refractivity contribution >= 4 is 5.97 Å². The summed E-state index contributed by atoms with van der Waals surface area (Å²) >= 11 is 0. The molecule has 4 nitrogen and oxygen atoms in total. The molecule has 2 rings (SSSR count). The predicted octanol–water partition coefficient (Wildman–Crippen LogP) is 2.27. The lowest BCUT2D eigenvalue weighted by Crippen LogP contribution is -2.01. The Balaban J connectivity index is 2.32. The second-order valence-electron chi connectivity index (χ2n) is 3.85. The van der Waals surface area contributed by atoms with E-state index < -0.39 is 5.97 Å². The SMILES string of the molecule is CCc1ccc(-c2nc[nH]c2CC(=O)O)cc1. The summed E-state index contributed by atoms with van der Waals surface area (Å²) < 4.78 is 0. The van der Waals surface area contributed by atoms with Crippen LogP contribution in [0.5, 0.6) is 0 Å². The van der Waals surface area contributed by atoms with E-state index in [-0.39, 0.29) is 6.42 Å². The highest BCUT2D eigenvalue weighted by atomic mass is 16.4. The molecule has 2 aromatic rings. The van der Waals surface area contributed by atoms with Crippen molar-refractivity contribution in [2.24, 2.45) is 0 Å². The van der Waals surface area contributed by atoms with Gasteiger partial charge in [-0.25, -0.2) is 4.98 Å². The van der Waals surface area contributed by atoms with Crippen molar-refractivity contribution in [3.63, 3.8) is 0 Å². The van der Waals surface area contributed by atoms with E-state index >= 15 is 0 Å². The zero-order valence-corrected chi connectivity index (χ0v) is 9.60. The Morgan fingerprint density at radius 3 is 2.65 bits per heavy atom. The van der Waals surface area contributed by atoms with E-state index in [1.54, 1.807) is 0 Å². The zero-order chi connectivity index (χ0) is 12.3. The Morgan fingerprint density at radius 2 is 2.06 bits per heavy atom. The fraction of sp³-hybridized carbons (Fsp3) is 0.231. The van der Waals surface area contributed by atoms with E-state index in [9.17, 15) is 4.79 Å². The van der Waals surface area contributed by atoms with Crippen molar-refractivity contribution in [1.82, 2.24) is 9.97 Å². The van der Waals surface area contributed by atoms with Crippen LogP contribution in [-0.2, 0) is 17.6 Å². The number of aliphatic carboxylic acids is 1. The Labute approximate surface area is 99.3 Å². The molecular weight excluding hydrogens is 216 g/mol. The number of aromatic nitrogens is 2. The van der Waals surface area contributed by atoms with Crippen molar-refractivity contribution < 1.29 is 9.90 Å². The summed E-state index contributed by atoms with van der Waals surface area (Å²) in [4.78, 5) is 17.8. The lowest BCUT2D eigenvalue weighted by Gasteiger charge is -2.02. The maximum atomic E-state index is 10.7. The number of benzene rings is 1. The lowest BCUT2D eigenvalue weighted by molar-refractivity contribution is -0.136. The first-order valence-electron chi connectivity index (χ1n) is 5.54. The van der Waals surface area contributed by atoms with Crippen LogP contribution in [0.2, 0.25) is 0 Å². The Hall–Kier alpha value is -2.10. The van der Waals surface area contributed by atoms with Gasteiger partial charge in [0, 0.05) is 5.56 Å². The third kappa shape index (κ3) is 2.53. The minimum Gasteiger partial charge on any atom is -0.481 e. The first-order chi connectivity index (χ1) is 8.20. The first kappa shape index (κ1) is 11.4. The maximum Gasteiger partial charge on any atom is 0.309 e. The Bertz CT molecular complexity index is 514. The summed E-state index contributed by atoms with van der Waals surface area (Å²) in [7, 11) is 0. The summed E-state index contributed by atoms with van der Waals surface area (Å²) in [5, 5.41) is 8.79. The minimum absolute atomic E-state index is 0.0368. The van der Waals surface area contributed by atoms with Gasteiger partial charge in [-0.1, -0.05) is 31.2 Å². The lowest BCUT2D eigenvalue weighted by atomic mass is 10.1. The molecule has 0 unspecified atom stereocenters. The molecule has 2 N–H and O–H groups in total. The number of carboxylic acids is 1. The predicted molar refractivity (Wildman–Crippen MR) is 64.7 cm³/mol. The fourth-order valence-corrected chi connectivity index (χ4v) is 1.75. The molecular formula is C13H14N2O2. The van der Waals surface area contributed by atoms with Gasteiger partial charge in [-0.15, -0.1) is 0 Å². The van der Waals surface area contributed by atoms with Gasteiger partial charge in [0.15, 0.2) is 0 Å². The molecule has 0 fully saturated rings. The summed E-state index contributed by atoms with van der Waals surface area (Å²) in [6.07, 6.45) is 2.48. The van der Waals surface area contributed by atoms with Gasteiger partial charge in [0.05, 0.1) is 24.1 Å². The van der Waals surface area contributed by atoms with Gasteiger partial charge < -0.3 is 10.1 Å². The van der Waals surface area contributed by atoms with E-state index in [1.165, 1.54) is 11.9 Å². The highest BCUT2D eigenvalue weighted by Crippen LogP contribution is 2.21. The standard InChI is InChI=1S/C13H14N2O2/c1-2-9-3-5-10(6-4-9)13-11(7-12(16)17)14-8-15-13/h3-6,8H,2,7H2,1H3,(H,14,15)(H,16,17). The molecule has 0 spiro atoms. The number of carbonyl (C=O) groups is 1. The summed E-state index contributed by atoms with van der Waals surface area (Å²) in [6, 6.07) is 8.02. The van der Waals surface area contributed by atoms with Crippen molar-refractivity contribution in [3.05, 3.63) is 41.9 Å². The number of aromatic amines is 1. The second-order valence-corrected chi connectivity index (χ2v) is 3.85. The number of hydrogen-bond acceptors (Lipinski definition) is 2. The zero-order valence-electron chi connectivity index (χ0n) is 9.60. The largest absolute Gasteiger partial charge is 0.481 e.